The van der Waals surface area contributed by atoms with Crippen LogP contribution in [0.1, 0.15) is 15.9 Å². The molecule has 0 saturated carbocycles. The predicted molar refractivity (Wildman–Crippen MR) is 86.7 cm³/mol. The van der Waals surface area contributed by atoms with E-state index in [0.29, 0.717) is 17.9 Å². The van der Waals surface area contributed by atoms with Crippen LogP contribution in [0.25, 0.3) is 10.8 Å². The Balaban J connectivity index is 1.97. The van der Waals surface area contributed by atoms with Crippen molar-refractivity contribution in [1.29, 1.82) is 0 Å². The van der Waals surface area contributed by atoms with E-state index in [1.807, 2.05) is 60.7 Å². The molecular weight excluding hydrogens is 276 g/mol. The molecule has 0 fully saturated rings. The van der Waals surface area contributed by atoms with E-state index in [2.05, 4.69) is 0 Å². The highest BCUT2D eigenvalue weighted by Crippen LogP contribution is 2.30. The van der Waals surface area contributed by atoms with E-state index in [4.69, 9.17) is 9.47 Å². The third-order valence-corrected chi connectivity index (χ3v) is 3.59. The Morgan fingerprint density at radius 3 is 2.50 bits per heavy atom. The lowest BCUT2D eigenvalue weighted by molar-refractivity contribution is 0.112. The molecule has 0 aromatic heterocycles. The van der Waals surface area contributed by atoms with Crippen LogP contribution >= 0.6 is 0 Å². The number of benzene rings is 3. The first-order valence-electron chi connectivity index (χ1n) is 7.04. The van der Waals surface area contributed by atoms with Crippen LogP contribution in [-0.2, 0) is 6.61 Å². The molecule has 0 unspecified atom stereocenters. The number of methoxy groups -OCH3 is 1. The van der Waals surface area contributed by atoms with Crippen LogP contribution in [0.2, 0.25) is 0 Å². The van der Waals surface area contributed by atoms with Gasteiger partial charge in [-0.15, -0.1) is 0 Å². The van der Waals surface area contributed by atoms with Crippen LogP contribution in [0.4, 0.5) is 0 Å². The van der Waals surface area contributed by atoms with Crippen LogP contribution in [0.5, 0.6) is 11.5 Å². The number of ether oxygens (including phenoxy) is 2. The van der Waals surface area contributed by atoms with Crippen LogP contribution < -0.4 is 9.47 Å². The maximum absolute atomic E-state index is 11.5. The van der Waals surface area contributed by atoms with Gasteiger partial charge >= 0.3 is 0 Å². The van der Waals surface area contributed by atoms with E-state index in [9.17, 15) is 4.79 Å². The SMILES string of the molecule is COc1ccc2ccc(OCc3ccccc3)c(C=O)c2c1. The van der Waals surface area contributed by atoms with E-state index >= 15 is 0 Å². The zero-order valence-electron chi connectivity index (χ0n) is 12.3. The summed E-state index contributed by atoms with van der Waals surface area (Å²) in [4.78, 5) is 11.5. The van der Waals surface area contributed by atoms with Gasteiger partial charge in [-0.3, -0.25) is 4.79 Å². The summed E-state index contributed by atoms with van der Waals surface area (Å²) >= 11 is 0. The molecule has 3 aromatic rings. The minimum absolute atomic E-state index is 0.428. The Hall–Kier alpha value is -2.81. The average molecular weight is 292 g/mol. The zero-order valence-corrected chi connectivity index (χ0v) is 12.3. The van der Waals surface area contributed by atoms with E-state index < -0.39 is 0 Å². The number of carbonyl (C=O) groups excluding carboxylic acids is 1. The molecule has 3 rings (SSSR count). The Morgan fingerprint density at radius 1 is 1.00 bits per heavy atom. The second-order valence-electron chi connectivity index (χ2n) is 4.96. The number of aldehydes is 1. The Kier molecular flexibility index (Phi) is 4.05. The van der Waals surface area contributed by atoms with Crippen molar-refractivity contribution >= 4 is 17.1 Å². The fourth-order valence-corrected chi connectivity index (χ4v) is 2.41. The number of fused-ring (bicyclic) bond motifs is 1. The van der Waals surface area contributed by atoms with E-state index in [-0.39, 0.29) is 0 Å². The Labute approximate surface area is 129 Å². The molecule has 0 bridgehead atoms. The van der Waals surface area contributed by atoms with Crippen molar-refractivity contribution in [3.05, 3.63) is 71.8 Å². The minimum atomic E-state index is 0.428. The van der Waals surface area contributed by atoms with Crippen molar-refractivity contribution in [2.45, 2.75) is 6.61 Å². The molecule has 0 radical (unpaired) electrons. The van der Waals surface area contributed by atoms with Crippen molar-refractivity contribution < 1.29 is 14.3 Å². The zero-order chi connectivity index (χ0) is 15.4. The molecule has 0 spiro atoms. The van der Waals surface area contributed by atoms with Crippen LogP contribution in [0.3, 0.4) is 0 Å². The van der Waals surface area contributed by atoms with Crippen molar-refractivity contribution in [1.82, 2.24) is 0 Å². The smallest absolute Gasteiger partial charge is 0.154 e. The van der Waals surface area contributed by atoms with E-state index in [1.165, 1.54) is 0 Å². The number of hydrogen-bond donors (Lipinski definition) is 0. The molecule has 0 N–H and O–H groups in total. The van der Waals surface area contributed by atoms with Crippen molar-refractivity contribution in [2.75, 3.05) is 7.11 Å². The molecule has 0 atom stereocenters. The fourth-order valence-electron chi connectivity index (χ4n) is 2.41. The number of hydrogen-bond acceptors (Lipinski definition) is 3. The highest BCUT2D eigenvalue weighted by molar-refractivity contribution is 6.01. The first-order chi connectivity index (χ1) is 10.8. The molecule has 0 aliphatic rings. The summed E-state index contributed by atoms with van der Waals surface area (Å²) in [5.41, 5.74) is 1.61. The lowest BCUT2D eigenvalue weighted by Crippen LogP contribution is -1.99. The van der Waals surface area contributed by atoms with Gasteiger partial charge in [0.1, 0.15) is 18.1 Å². The third kappa shape index (κ3) is 2.79. The van der Waals surface area contributed by atoms with Gasteiger partial charge in [0, 0.05) is 0 Å². The quantitative estimate of drug-likeness (QED) is 0.660. The molecular formula is C19H16O3. The molecule has 0 aliphatic heterocycles. The summed E-state index contributed by atoms with van der Waals surface area (Å²) in [6, 6.07) is 19.3. The molecule has 22 heavy (non-hydrogen) atoms. The monoisotopic (exact) mass is 292 g/mol. The Bertz CT molecular complexity index is 794. The first kappa shape index (κ1) is 14.1. The Morgan fingerprint density at radius 2 is 1.77 bits per heavy atom. The van der Waals surface area contributed by atoms with Crippen molar-refractivity contribution in [2.24, 2.45) is 0 Å². The second-order valence-corrected chi connectivity index (χ2v) is 4.96. The number of rotatable bonds is 5. The summed E-state index contributed by atoms with van der Waals surface area (Å²) in [7, 11) is 1.61. The lowest BCUT2D eigenvalue weighted by Gasteiger charge is -2.11. The van der Waals surface area contributed by atoms with Crippen LogP contribution in [-0.4, -0.2) is 13.4 Å². The molecule has 0 saturated heterocycles. The molecule has 3 heteroatoms. The van der Waals surface area contributed by atoms with Gasteiger partial charge in [-0.2, -0.15) is 0 Å². The van der Waals surface area contributed by atoms with Gasteiger partial charge in [-0.1, -0.05) is 42.5 Å². The second kappa shape index (κ2) is 6.31. The normalized spacial score (nSPS) is 10.4. The van der Waals surface area contributed by atoms with Gasteiger partial charge in [0.05, 0.1) is 12.7 Å². The molecule has 0 aliphatic carbocycles. The largest absolute Gasteiger partial charge is 0.497 e. The first-order valence-corrected chi connectivity index (χ1v) is 7.04. The molecule has 0 heterocycles. The summed E-state index contributed by atoms with van der Waals surface area (Å²) < 4.78 is 11.1. The van der Waals surface area contributed by atoms with Crippen LogP contribution in [0.15, 0.2) is 60.7 Å². The van der Waals surface area contributed by atoms with Gasteiger partial charge in [-0.25, -0.2) is 0 Å². The summed E-state index contributed by atoms with van der Waals surface area (Å²) in [5, 5.41) is 1.81. The van der Waals surface area contributed by atoms with E-state index in [1.54, 1.807) is 7.11 Å². The lowest BCUT2D eigenvalue weighted by atomic mass is 10.0. The fraction of sp³-hybridized carbons (Fsp3) is 0.105. The van der Waals surface area contributed by atoms with Gasteiger partial charge in [0.25, 0.3) is 0 Å². The van der Waals surface area contributed by atoms with E-state index in [0.717, 1.165) is 28.4 Å². The maximum atomic E-state index is 11.5. The average Bonchev–Trinajstić information content (AvgIpc) is 2.59. The molecule has 3 nitrogen and oxygen atoms in total. The molecule has 3 aromatic carbocycles. The molecule has 0 amide bonds. The van der Waals surface area contributed by atoms with Gasteiger partial charge in [0.2, 0.25) is 0 Å². The maximum Gasteiger partial charge on any atom is 0.154 e. The topological polar surface area (TPSA) is 35.5 Å². The summed E-state index contributed by atoms with van der Waals surface area (Å²) in [6.45, 7) is 0.428. The van der Waals surface area contributed by atoms with Crippen molar-refractivity contribution in [3.63, 3.8) is 0 Å². The van der Waals surface area contributed by atoms with Gasteiger partial charge < -0.3 is 9.47 Å². The van der Waals surface area contributed by atoms with Crippen LogP contribution in [0, 0.1) is 0 Å². The summed E-state index contributed by atoms with van der Waals surface area (Å²) in [6.07, 6.45) is 0.835. The van der Waals surface area contributed by atoms with Gasteiger partial charge in [-0.05, 0) is 34.5 Å². The third-order valence-electron chi connectivity index (χ3n) is 3.59. The summed E-state index contributed by atoms with van der Waals surface area (Å²) in [5.74, 6) is 1.30. The van der Waals surface area contributed by atoms with Gasteiger partial charge in [0.15, 0.2) is 6.29 Å². The highest BCUT2D eigenvalue weighted by Gasteiger charge is 2.09. The molecule has 110 valence electrons. The standard InChI is InChI=1S/C19H16O3/c1-21-16-9-7-15-8-10-19(18(12-20)17(15)11-16)22-13-14-5-3-2-4-6-14/h2-12H,13H2,1H3. The predicted octanol–water partition coefficient (Wildman–Crippen LogP) is 4.24. The minimum Gasteiger partial charge on any atom is -0.497 e. The van der Waals surface area contributed by atoms with Crippen molar-refractivity contribution in [3.8, 4) is 11.5 Å². The number of carbonyl (C=O) groups is 1. The highest BCUT2D eigenvalue weighted by atomic mass is 16.5.